The number of hydrogen-bond donors (Lipinski definition) is 1. The lowest BCUT2D eigenvalue weighted by Crippen LogP contribution is -2.12. The molecule has 1 unspecified atom stereocenters. The Kier molecular flexibility index (Phi) is 5.32. The molecule has 0 radical (unpaired) electrons. The van der Waals surface area contributed by atoms with E-state index < -0.39 is 0 Å². The minimum absolute atomic E-state index is 0.684. The maximum atomic E-state index is 4.12. The van der Waals surface area contributed by atoms with Crippen molar-refractivity contribution in [3.8, 4) is 0 Å². The van der Waals surface area contributed by atoms with Crippen LogP contribution in [-0.4, -0.2) is 21.5 Å². The summed E-state index contributed by atoms with van der Waals surface area (Å²) in [5.41, 5.74) is 1.03. The Morgan fingerprint density at radius 1 is 1.47 bits per heavy atom. The predicted octanol–water partition coefficient (Wildman–Crippen LogP) is 1.82. The van der Waals surface area contributed by atoms with E-state index in [1.807, 2.05) is 10.9 Å². The Balaban J connectivity index is 2.38. The molecule has 0 amide bonds. The third-order valence-electron chi connectivity index (χ3n) is 2.42. The molecule has 1 aromatic heterocycles. The zero-order chi connectivity index (χ0) is 11.1. The summed E-state index contributed by atoms with van der Waals surface area (Å²) in [7, 11) is 0. The van der Waals surface area contributed by atoms with Crippen LogP contribution in [0.4, 0.5) is 0 Å². The van der Waals surface area contributed by atoms with Gasteiger partial charge in [-0.3, -0.25) is 4.68 Å². The first-order chi connectivity index (χ1) is 7.26. The van der Waals surface area contributed by atoms with E-state index in [4.69, 9.17) is 0 Å². The van der Waals surface area contributed by atoms with Gasteiger partial charge in [0.2, 0.25) is 0 Å². The summed E-state index contributed by atoms with van der Waals surface area (Å²) < 4.78 is 1.95. The highest BCUT2D eigenvalue weighted by Crippen LogP contribution is 2.07. The van der Waals surface area contributed by atoms with Gasteiger partial charge < -0.3 is 5.32 Å². The van der Waals surface area contributed by atoms with Crippen molar-refractivity contribution in [1.29, 1.82) is 0 Å². The fourth-order valence-corrected chi connectivity index (χ4v) is 1.67. The van der Waals surface area contributed by atoms with Crippen molar-refractivity contribution in [3.63, 3.8) is 0 Å². The number of aromatic nitrogens is 3. The van der Waals surface area contributed by atoms with Gasteiger partial charge in [-0.1, -0.05) is 32.4 Å². The van der Waals surface area contributed by atoms with Crippen LogP contribution in [0.15, 0.2) is 6.20 Å². The van der Waals surface area contributed by atoms with E-state index in [-0.39, 0.29) is 0 Å². The van der Waals surface area contributed by atoms with E-state index >= 15 is 0 Å². The Hall–Kier alpha value is -0.900. The van der Waals surface area contributed by atoms with Crippen LogP contribution in [0.2, 0.25) is 0 Å². The van der Waals surface area contributed by atoms with Gasteiger partial charge in [-0.25, -0.2) is 0 Å². The number of nitrogens with one attached hydrogen (secondary N) is 1. The normalized spacial score (nSPS) is 13.0. The van der Waals surface area contributed by atoms with Crippen LogP contribution >= 0.6 is 0 Å². The minimum Gasteiger partial charge on any atom is -0.311 e. The quantitative estimate of drug-likeness (QED) is 0.746. The maximum Gasteiger partial charge on any atom is 0.0964 e. The van der Waals surface area contributed by atoms with Crippen LogP contribution in [0.25, 0.3) is 0 Å². The molecule has 0 aromatic carbocycles. The first kappa shape index (κ1) is 12.2. The molecular weight excluding hydrogens is 188 g/mol. The molecule has 4 nitrogen and oxygen atoms in total. The van der Waals surface area contributed by atoms with E-state index in [2.05, 4.69) is 36.4 Å². The van der Waals surface area contributed by atoms with E-state index in [9.17, 15) is 0 Å². The van der Waals surface area contributed by atoms with E-state index in [1.54, 1.807) is 0 Å². The van der Waals surface area contributed by atoms with Gasteiger partial charge in [-0.2, -0.15) is 0 Å². The van der Waals surface area contributed by atoms with Crippen molar-refractivity contribution >= 4 is 0 Å². The molecule has 0 bridgehead atoms. The minimum atomic E-state index is 0.684. The van der Waals surface area contributed by atoms with Crippen LogP contribution in [-0.2, 0) is 13.1 Å². The van der Waals surface area contributed by atoms with Gasteiger partial charge in [0.15, 0.2) is 0 Å². The monoisotopic (exact) mass is 210 g/mol. The SMILES string of the molecule is CCCC(C)Cn1cc(CNCC)nn1. The van der Waals surface area contributed by atoms with Gasteiger partial charge >= 0.3 is 0 Å². The Bertz CT molecular complexity index is 269. The molecule has 1 rings (SSSR count). The molecular formula is C11H22N4. The van der Waals surface area contributed by atoms with Crippen molar-refractivity contribution in [2.24, 2.45) is 5.92 Å². The summed E-state index contributed by atoms with van der Waals surface area (Å²) in [6.45, 7) is 9.34. The second kappa shape index (κ2) is 6.56. The topological polar surface area (TPSA) is 42.7 Å². The molecule has 1 N–H and O–H groups in total. The van der Waals surface area contributed by atoms with Gasteiger partial charge in [-0.15, -0.1) is 5.10 Å². The van der Waals surface area contributed by atoms with Gasteiger partial charge in [0.25, 0.3) is 0 Å². The Morgan fingerprint density at radius 2 is 2.27 bits per heavy atom. The summed E-state index contributed by atoms with van der Waals surface area (Å²) in [4.78, 5) is 0. The first-order valence-electron chi connectivity index (χ1n) is 5.86. The van der Waals surface area contributed by atoms with Crippen LogP contribution < -0.4 is 5.32 Å². The molecule has 1 heterocycles. The summed E-state index contributed by atoms with van der Waals surface area (Å²) in [6.07, 6.45) is 4.53. The largest absolute Gasteiger partial charge is 0.311 e. The molecule has 1 aromatic rings. The highest BCUT2D eigenvalue weighted by atomic mass is 15.4. The number of rotatable bonds is 7. The predicted molar refractivity (Wildman–Crippen MR) is 61.5 cm³/mol. The molecule has 15 heavy (non-hydrogen) atoms. The Morgan fingerprint density at radius 3 is 2.93 bits per heavy atom. The molecule has 0 saturated carbocycles. The molecule has 0 aliphatic carbocycles. The van der Waals surface area contributed by atoms with Crippen molar-refractivity contribution < 1.29 is 0 Å². The fraction of sp³-hybridized carbons (Fsp3) is 0.818. The molecule has 0 spiro atoms. The lowest BCUT2D eigenvalue weighted by molar-refractivity contribution is 0.414. The van der Waals surface area contributed by atoms with Crippen molar-refractivity contribution in [2.45, 2.75) is 46.7 Å². The smallest absolute Gasteiger partial charge is 0.0964 e. The second-order valence-electron chi connectivity index (χ2n) is 4.11. The van der Waals surface area contributed by atoms with Crippen LogP contribution in [0.1, 0.15) is 39.3 Å². The summed E-state index contributed by atoms with van der Waals surface area (Å²) in [6, 6.07) is 0. The molecule has 0 aliphatic heterocycles. The average molecular weight is 210 g/mol. The lowest BCUT2D eigenvalue weighted by atomic mass is 10.1. The molecule has 0 fully saturated rings. The average Bonchev–Trinajstić information content (AvgIpc) is 2.63. The molecule has 1 atom stereocenters. The van der Waals surface area contributed by atoms with Gasteiger partial charge in [-0.05, 0) is 18.9 Å². The zero-order valence-electron chi connectivity index (χ0n) is 10.0. The molecule has 4 heteroatoms. The molecule has 0 aliphatic rings. The number of hydrogen-bond acceptors (Lipinski definition) is 3. The standard InChI is InChI=1S/C11H22N4/c1-4-6-10(3)8-15-9-11(13-14-15)7-12-5-2/h9-10,12H,4-8H2,1-3H3. The van der Waals surface area contributed by atoms with Gasteiger partial charge in [0.05, 0.1) is 5.69 Å². The van der Waals surface area contributed by atoms with Crippen molar-refractivity contribution in [2.75, 3.05) is 6.54 Å². The van der Waals surface area contributed by atoms with Crippen LogP contribution in [0.3, 0.4) is 0 Å². The first-order valence-corrected chi connectivity index (χ1v) is 5.86. The maximum absolute atomic E-state index is 4.12. The summed E-state index contributed by atoms with van der Waals surface area (Å²) >= 11 is 0. The fourth-order valence-electron chi connectivity index (χ4n) is 1.67. The highest BCUT2D eigenvalue weighted by Gasteiger charge is 2.04. The van der Waals surface area contributed by atoms with E-state index in [1.165, 1.54) is 12.8 Å². The molecule has 0 saturated heterocycles. The Labute approximate surface area is 92.1 Å². The third kappa shape index (κ3) is 4.42. The molecule has 86 valence electrons. The summed E-state index contributed by atoms with van der Waals surface area (Å²) in [5.74, 6) is 0.684. The zero-order valence-corrected chi connectivity index (χ0v) is 10.0. The van der Waals surface area contributed by atoms with Gasteiger partial charge in [0.1, 0.15) is 0 Å². The van der Waals surface area contributed by atoms with Gasteiger partial charge in [0, 0.05) is 19.3 Å². The second-order valence-corrected chi connectivity index (χ2v) is 4.11. The van der Waals surface area contributed by atoms with Crippen molar-refractivity contribution in [3.05, 3.63) is 11.9 Å². The third-order valence-corrected chi connectivity index (χ3v) is 2.42. The lowest BCUT2D eigenvalue weighted by Gasteiger charge is -2.08. The number of nitrogens with zero attached hydrogens (tertiary/aromatic N) is 3. The van der Waals surface area contributed by atoms with Crippen molar-refractivity contribution in [1.82, 2.24) is 20.3 Å². The van der Waals surface area contributed by atoms with Crippen LogP contribution in [0.5, 0.6) is 0 Å². The van der Waals surface area contributed by atoms with Crippen LogP contribution in [0, 0.1) is 5.92 Å². The summed E-state index contributed by atoms with van der Waals surface area (Å²) in [5, 5.41) is 11.5. The van der Waals surface area contributed by atoms with E-state index in [0.29, 0.717) is 5.92 Å². The van der Waals surface area contributed by atoms with E-state index in [0.717, 1.165) is 25.3 Å². The highest BCUT2D eigenvalue weighted by molar-refractivity contribution is 4.91.